The summed E-state index contributed by atoms with van der Waals surface area (Å²) in [6.45, 7) is 5.84. The van der Waals surface area contributed by atoms with Crippen LogP contribution in [0.1, 0.15) is 31.1 Å². The molecule has 0 aliphatic rings. The molecule has 0 radical (unpaired) electrons. The number of Topliss-reactive ketones (excluding diaryl/α,β-unsaturated/α-hetero) is 1. The van der Waals surface area contributed by atoms with E-state index < -0.39 is 5.25 Å². The Kier molecular flexibility index (Phi) is 7.28. The molecule has 0 aliphatic carbocycles. The summed E-state index contributed by atoms with van der Waals surface area (Å²) in [7, 11) is 0. The Bertz CT molecular complexity index is 1590. The van der Waals surface area contributed by atoms with Crippen LogP contribution in [0.5, 0.6) is 5.75 Å². The first-order chi connectivity index (χ1) is 18.4. The standard InChI is InChI=1S/C29H27N5O3S/c1-4-37-23-15-13-22(14-16-23)34-28(25-17-30-26-8-6-5-7-24(25)26)32-33-29(34)38-18(2)27(36)20-9-11-21(12-10-20)31-19(3)35/h5-18,30H,4H2,1-3H3,(H,31,35). The van der Waals surface area contributed by atoms with E-state index >= 15 is 0 Å². The molecule has 1 atom stereocenters. The first-order valence-electron chi connectivity index (χ1n) is 12.3. The minimum absolute atomic E-state index is 0.0423. The average molecular weight is 526 g/mol. The van der Waals surface area contributed by atoms with Crippen molar-refractivity contribution in [2.45, 2.75) is 31.2 Å². The predicted octanol–water partition coefficient (Wildman–Crippen LogP) is 6.14. The number of carbonyl (C=O) groups excluding carboxylic acids is 2. The fraction of sp³-hybridized carbons (Fsp3) is 0.172. The zero-order valence-corrected chi connectivity index (χ0v) is 22.1. The number of benzene rings is 3. The number of fused-ring (bicyclic) bond motifs is 1. The summed E-state index contributed by atoms with van der Waals surface area (Å²) in [4.78, 5) is 27.9. The number of carbonyl (C=O) groups is 2. The Morgan fingerprint density at radius 3 is 2.47 bits per heavy atom. The van der Waals surface area contributed by atoms with Crippen molar-refractivity contribution in [1.82, 2.24) is 19.7 Å². The molecule has 0 bridgehead atoms. The molecule has 2 aromatic heterocycles. The molecule has 192 valence electrons. The van der Waals surface area contributed by atoms with Gasteiger partial charge in [-0.15, -0.1) is 10.2 Å². The van der Waals surface area contributed by atoms with Gasteiger partial charge in [0, 0.05) is 46.5 Å². The van der Waals surface area contributed by atoms with Crippen molar-refractivity contribution in [3.05, 3.63) is 84.6 Å². The molecule has 1 unspecified atom stereocenters. The lowest BCUT2D eigenvalue weighted by Gasteiger charge is -2.14. The molecule has 1 amide bonds. The SMILES string of the molecule is CCOc1ccc(-n2c(SC(C)C(=O)c3ccc(NC(C)=O)cc3)nnc2-c2c[nH]c3ccccc23)cc1. The van der Waals surface area contributed by atoms with Gasteiger partial charge < -0.3 is 15.0 Å². The number of hydrogen-bond acceptors (Lipinski definition) is 6. The molecule has 3 aromatic carbocycles. The molecule has 2 N–H and O–H groups in total. The summed E-state index contributed by atoms with van der Waals surface area (Å²) in [5.41, 5.74) is 3.99. The van der Waals surface area contributed by atoms with Crippen molar-refractivity contribution >= 4 is 40.0 Å². The van der Waals surface area contributed by atoms with E-state index in [0.717, 1.165) is 27.9 Å². The zero-order valence-electron chi connectivity index (χ0n) is 21.3. The number of hydrogen-bond donors (Lipinski definition) is 2. The Morgan fingerprint density at radius 2 is 1.76 bits per heavy atom. The quantitative estimate of drug-likeness (QED) is 0.177. The van der Waals surface area contributed by atoms with E-state index in [9.17, 15) is 9.59 Å². The summed E-state index contributed by atoms with van der Waals surface area (Å²) < 4.78 is 7.60. The van der Waals surface area contributed by atoms with Crippen molar-refractivity contribution < 1.29 is 14.3 Å². The highest BCUT2D eigenvalue weighted by molar-refractivity contribution is 8.00. The smallest absolute Gasteiger partial charge is 0.221 e. The van der Waals surface area contributed by atoms with Crippen LogP contribution in [0.4, 0.5) is 5.69 Å². The molecule has 0 saturated carbocycles. The highest BCUT2D eigenvalue weighted by Crippen LogP contribution is 2.34. The number of aromatic nitrogens is 4. The molecule has 2 heterocycles. The van der Waals surface area contributed by atoms with E-state index in [0.29, 0.717) is 28.8 Å². The lowest BCUT2D eigenvalue weighted by Crippen LogP contribution is -2.15. The fourth-order valence-corrected chi connectivity index (χ4v) is 5.18. The zero-order chi connectivity index (χ0) is 26.6. The maximum atomic E-state index is 13.3. The number of nitrogens with zero attached hydrogens (tertiary/aromatic N) is 3. The third-order valence-corrected chi connectivity index (χ3v) is 7.05. The molecule has 0 aliphatic heterocycles. The summed E-state index contributed by atoms with van der Waals surface area (Å²) in [5.74, 6) is 1.25. The molecule has 5 aromatic rings. The third-order valence-electron chi connectivity index (χ3n) is 6.01. The second-order valence-electron chi connectivity index (χ2n) is 8.70. The van der Waals surface area contributed by atoms with Gasteiger partial charge in [0.2, 0.25) is 5.91 Å². The average Bonchev–Trinajstić information content (AvgIpc) is 3.53. The van der Waals surface area contributed by atoms with Gasteiger partial charge in [0.25, 0.3) is 0 Å². The van der Waals surface area contributed by atoms with Crippen LogP contribution in [0, 0.1) is 0 Å². The largest absolute Gasteiger partial charge is 0.494 e. The molecule has 9 heteroatoms. The van der Waals surface area contributed by atoms with Gasteiger partial charge in [0.15, 0.2) is 16.8 Å². The van der Waals surface area contributed by atoms with Crippen molar-refractivity contribution in [3.63, 3.8) is 0 Å². The number of rotatable bonds is 9. The van der Waals surface area contributed by atoms with Gasteiger partial charge in [0.05, 0.1) is 11.9 Å². The molecule has 38 heavy (non-hydrogen) atoms. The number of H-pyrrole nitrogens is 1. The number of para-hydroxylation sites is 1. The van der Waals surface area contributed by atoms with E-state index in [4.69, 9.17) is 4.74 Å². The Hall–Kier alpha value is -4.37. The van der Waals surface area contributed by atoms with Crippen LogP contribution in [0.15, 0.2) is 84.1 Å². The normalized spacial score (nSPS) is 11.9. The van der Waals surface area contributed by atoms with Gasteiger partial charge in [-0.3, -0.25) is 14.2 Å². The maximum Gasteiger partial charge on any atom is 0.221 e. The van der Waals surface area contributed by atoms with E-state index in [1.54, 1.807) is 24.3 Å². The molecular weight excluding hydrogens is 498 g/mol. The second-order valence-corrected chi connectivity index (χ2v) is 10.0. The molecule has 8 nitrogen and oxygen atoms in total. The molecule has 0 fully saturated rings. The highest BCUT2D eigenvalue weighted by Gasteiger charge is 2.24. The van der Waals surface area contributed by atoms with Crippen LogP contribution in [-0.2, 0) is 4.79 Å². The first-order valence-corrected chi connectivity index (χ1v) is 13.2. The molecule has 0 saturated heterocycles. The monoisotopic (exact) mass is 525 g/mol. The Balaban J connectivity index is 1.49. The van der Waals surface area contributed by atoms with Crippen LogP contribution in [0.25, 0.3) is 28.0 Å². The van der Waals surface area contributed by atoms with E-state index in [1.165, 1.54) is 18.7 Å². The summed E-state index contributed by atoms with van der Waals surface area (Å²) in [6, 6.07) is 22.7. The summed E-state index contributed by atoms with van der Waals surface area (Å²) >= 11 is 1.35. The van der Waals surface area contributed by atoms with Crippen molar-refractivity contribution in [1.29, 1.82) is 0 Å². The van der Waals surface area contributed by atoms with Crippen LogP contribution >= 0.6 is 11.8 Å². The van der Waals surface area contributed by atoms with Gasteiger partial charge in [-0.05, 0) is 68.4 Å². The minimum atomic E-state index is -0.428. The van der Waals surface area contributed by atoms with Crippen molar-refractivity contribution in [2.75, 3.05) is 11.9 Å². The van der Waals surface area contributed by atoms with Gasteiger partial charge in [-0.2, -0.15) is 0 Å². The third kappa shape index (κ3) is 5.19. The molecular formula is C29H27N5O3S. The number of anilines is 1. The number of thioether (sulfide) groups is 1. The van der Waals surface area contributed by atoms with E-state index in [-0.39, 0.29) is 11.7 Å². The summed E-state index contributed by atoms with van der Waals surface area (Å²) in [5, 5.41) is 13.0. The number of aromatic amines is 1. The first kappa shape index (κ1) is 25.3. The number of nitrogens with one attached hydrogen (secondary N) is 2. The van der Waals surface area contributed by atoms with Crippen molar-refractivity contribution in [2.24, 2.45) is 0 Å². The van der Waals surface area contributed by atoms with Crippen LogP contribution in [0.2, 0.25) is 0 Å². The lowest BCUT2D eigenvalue weighted by atomic mass is 10.1. The number of ketones is 1. The Morgan fingerprint density at radius 1 is 1.03 bits per heavy atom. The molecule has 0 spiro atoms. The fourth-order valence-electron chi connectivity index (χ4n) is 4.24. The van der Waals surface area contributed by atoms with E-state index in [1.807, 2.05) is 73.1 Å². The maximum absolute atomic E-state index is 13.3. The van der Waals surface area contributed by atoms with Crippen LogP contribution in [-0.4, -0.2) is 43.3 Å². The topological polar surface area (TPSA) is 102 Å². The second kappa shape index (κ2) is 10.9. The number of amides is 1. The van der Waals surface area contributed by atoms with Gasteiger partial charge in [0.1, 0.15) is 5.75 Å². The predicted molar refractivity (Wildman–Crippen MR) is 150 cm³/mol. The van der Waals surface area contributed by atoms with Crippen LogP contribution < -0.4 is 10.1 Å². The lowest BCUT2D eigenvalue weighted by molar-refractivity contribution is -0.114. The van der Waals surface area contributed by atoms with Gasteiger partial charge >= 0.3 is 0 Å². The van der Waals surface area contributed by atoms with Crippen molar-refractivity contribution in [3.8, 4) is 22.8 Å². The van der Waals surface area contributed by atoms with Gasteiger partial charge in [-0.25, -0.2) is 0 Å². The summed E-state index contributed by atoms with van der Waals surface area (Å²) in [6.07, 6.45) is 1.93. The number of ether oxygens (including phenoxy) is 1. The van der Waals surface area contributed by atoms with Crippen LogP contribution in [0.3, 0.4) is 0 Å². The highest BCUT2D eigenvalue weighted by atomic mass is 32.2. The molecule has 5 rings (SSSR count). The Labute approximate surface area is 224 Å². The van der Waals surface area contributed by atoms with Gasteiger partial charge in [-0.1, -0.05) is 30.0 Å². The van der Waals surface area contributed by atoms with E-state index in [2.05, 4.69) is 20.5 Å². The minimum Gasteiger partial charge on any atom is -0.494 e.